The third-order valence-electron chi connectivity index (χ3n) is 4.62. The molecule has 0 aliphatic rings. The maximum absolute atomic E-state index is 13.3. The highest BCUT2D eigenvalue weighted by atomic mass is 35.5. The van der Waals surface area contributed by atoms with Gasteiger partial charge in [-0.1, -0.05) is 35.9 Å². The van der Waals surface area contributed by atoms with Crippen LogP contribution in [0.3, 0.4) is 0 Å². The molecule has 3 rings (SSSR count). The van der Waals surface area contributed by atoms with Crippen molar-refractivity contribution in [3.05, 3.63) is 88.9 Å². The predicted octanol–water partition coefficient (Wildman–Crippen LogP) is 4.35. The Morgan fingerprint density at radius 3 is 2.22 bits per heavy atom. The highest BCUT2D eigenvalue weighted by molar-refractivity contribution is 7.92. The molecule has 6 nitrogen and oxygen atoms in total. The summed E-state index contributed by atoms with van der Waals surface area (Å²) in [6, 6.07) is 20.4. The highest BCUT2D eigenvalue weighted by Crippen LogP contribution is 2.25. The van der Waals surface area contributed by atoms with E-state index in [1.165, 1.54) is 12.1 Å². The molecule has 0 aromatic heterocycles. The van der Waals surface area contributed by atoms with Crippen molar-refractivity contribution in [3.63, 3.8) is 0 Å². The second kappa shape index (κ2) is 10.5. The van der Waals surface area contributed by atoms with Crippen molar-refractivity contribution in [1.29, 1.82) is 0 Å². The van der Waals surface area contributed by atoms with Gasteiger partial charge in [-0.2, -0.15) is 0 Å². The molecule has 0 atom stereocenters. The number of halogens is 1. The average molecular weight is 473 g/mol. The van der Waals surface area contributed by atoms with Crippen LogP contribution in [-0.4, -0.2) is 34.0 Å². The van der Waals surface area contributed by atoms with Gasteiger partial charge in [0.15, 0.2) is 0 Å². The second-order valence-electron chi connectivity index (χ2n) is 7.32. The third-order valence-corrected chi connectivity index (χ3v) is 6.66. The van der Waals surface area contributed by atoms with Gasteiger partial charge in [-0.15, -0.1) is 0 Å². The van der Waals surface area contributed by atoms with Gasteiger partial charge >= 0.3 is 0 Å². The zero-order valence-corrected chi connectivity index (χ0v) is 19.5. The summed E-state index contributed by atoms with van der Waals surface area (Å²) in [5, 5.41) is 3.33. The normalized spacial score (nSPS) is 11.1. The number of anilines is 1. The standard InChI is InChI=1S/C24H25ClN2O4S/c1-18-14-19(2)16-21(15-18)27(32(29,30)23-6-4-3-5-7-23)17-24(28)26-12-13-31-22-10-8-20(25)9-11-22/h3-11,14-16H,12-13,17H2,1-2H3,(H,26,28). The lowest BCUT2D eigenvalue weighted by Crippen LogP contribution is -2.42. The molecule has 3 aromatic carbocycles. The van der Waals surface area contributed by atoms with Crippen molar-refractivity contribution in [2.24, 2.45) is 0 Å². The van der Waals surface area contributed by atoms with Crippen LogP contribution in [0, 0.1) is 13.8 Å². The Balaban J connectivity index is 1.72. The number of nitrogens with zero attached hydrogens (tertiary/aromatic N) is 1. The largest absolute Gasteiger partial charge is 0.492 e. The molecule has 0 radical (unpaired) electrons. The zero-order valence-electron chi connectivity index (χ0n) is 17.9. The third kappa shape index (κ3) is 6.24. The molecule has 0 heterocycles. The Labute approximate surface area is 193 Å². The number of hydrogen-bond acceptors (Lipinski definition) is 4. The van der Waals surface area contributed by atoms with Gasteiger partial charge in [-0.05, 0) is 73.5 Å². The summed E-state index contributed by atoms with van der Waals surface area (Å²) in [6.45, 7) is 3.90. The lowest BCUT2D eigenvalue weighted by molar-refractivity contribution is -0.119. The van der Waals surface area contributed by atoms with Crippen LogP contribution in [0.25, 0.3) is 0 Å². The van der Waals surface area contributed by atoms with Crippen LogP contribution in [0.1, 0.15) is 11.1 Å². The summed E-state index contributed by atoms with van der Waals surface area (Å²) in [4.78, 5) is 12.8. The SMILES string of the molecule is Cc1cc(C)cc(N(CC(=O)NCCOc2ccc(Cl)cc2)S(=O)(=O)c2ccccc2)c1. The first-order chi connectivity index (χ1) is 15.3. The van der Waals surface area contributed by atoms with E-state index in [0.29, 0.717) is 16.5 Å². The molecule has 32 heavy (non-hydrogen) atoms. The van der Waals surface area contributed by atoms with Crippen LogP contribution in [0.2, 0.25) is 5.02 Å². The Hall–Kier alpha value is -3.03. The molecule has 0 aliphatic heterocycles. The van der Waals surface area contributed by atoms with Gasteiger partial charge in [0.25, 0.3) is 10.0 Å². The molecule has 0 saturated heterocycles. The zero-order chi connectivity index (χ0) is 23.1. The summed E-state index contributed by atoms with van der Waals surface area (Å²) in [5.41, 5.74) is 2.26. The smallest absolute Gasteiger partial charge is 0.264 e. The number of carbonyl (C=O) groups is 1. The van der Waals surface area contributed by atoms with Gasteiger partial charge in [0.1, 0.15) is 18.9 Å². The molecule has 0 aliphatic carbocycles. The maximum Gasteiger partial charge on any atom is 0.264 e. The number of hydrogen-bond donors (Lipinski definition) is 1. The molecule has 8 heteroatoms. The summed E-state index contributed by atoms with van der Waals surface area (Å²) in [5.74, 6) is 0.204. The van der Waals surface area contributed by atoms with Crippen molar-refractivity contribution >= 4 is 33.2 Å². The van der Waals surface area contributed by atoms with Gasteiger partial charge < -0.3 is 10.1 Å². The first kappa shape index (κ1) is 23.6. The van der Waals surface area contributed by atoms with E-state index in [9.17, 15) is 13.2 Å². The molecule has 0 saturated carbocycles. The molecule has 0 bridgehead atoms. The van der Waals surface area contributed by atoms with Crippen LogP contribution in [0.4, 0.5) is 5.69 Å². The van der Waals surface area contributed by atoms with E-state index in [1.54, 1.807) is 54.6 Å². The van der Waals surface area contributed by atoms with Crippen LogP contribution >= 0.6 is 11.6 Å². The number of sulfonamides is 1. The van der Waals surface area contributed by atoms with Gasteiger partial charge in [0.2, 0.25) is 5.91 Å². The number of nitrogens with one attached hydrogen (secondary N) is 1. The summed E-state index contributed by atoms with van der Waals surface area (Å²) < 4.78 is 33.4. The van der Waals surface area contributed by atoms with Crippen molar-refractivity contribution in [2.45, 2.75) is 18.7 Å². The number of carbonyl (C=O) groups excluding carboxylic acids is 1. The van der Waals surface area contributed by atoms with Crippen LogP contribution < -0.4 is 14.4 Å². The fourth-order valence-electron chi connectivity index (χ4n) is 3.21. The first-order valence-electron chi connectivity index (χ1n) is 10.1. The van der Waals surface area contributed by atoms with E-state index in [-0.39, 0.29) is 24.6 Å². The number of ether oxygens (including phenoxy) is 1. The van der Waals surface area contributed by atoms with Crippen molar-refractivity contribution in [3.8, 4) is 5.75 Å². The van der Waals surface area contributed by atoms with E-state index in [4.69, 9.17) is 16.3 Å². The lowest BCUT2D eigenvalue weighted by Gasteiger charge is -2.25. The molecule has 0 fully saturated rings. The number of aryl methyl sites for hydroxylation is 2. The Kier molecular flexibility index (Phi) is 7.77. The Morgan fingerprint density at radius 1 is 0.969 bits per heavy atom. The fourth-order valence-corrected chi connectivity index (χ4v) is 4.76. The van der Waals surface area contributed by atoms with Crippen molar-refractivity contribution < 1.29 is 17.9 Å². The first-order valence-corrected chi connectivity index (χ1v) is 11.9. The second-order valence-corrected chi connectivity index (χ2v) is 9.62. The molecule has 3 aromatic rings. The van der Waals surface area contributed by atoms with Gasteiger partial charge in [-0.25, -0.2) is 8.42 Å². The summed E-state index contributed by atoms with van der Waals surface area (Å²) >= 11 is 5.85. The quantitative estimate of drug-likeness (QED) is 0.470. The molecular formula is C24H25ClN2O4S. The number of amides is 1. The molecule has 1 N–H and O–H groups in total. The van der Waals surface area contributed by atoms with Crippen LogP contribution in [0.5, 0.6) is 5.75 Å². The average Bonchev–Trinajstić information content (AvgIpc) is 2.76. The van der Waals surface area contributed by atoms with Crippen LogP contribution in [0.15, 0.2) is 77.7 Å². The monoisotopic (exact) mass is 472 g/mol. The highest BCUT2D eigenvalue weighted by Gasteiger charge is 2.27. The van der Waals surface area contributed by atoms with E-state index < -0.39 is 15.9 Å². The summed E-state index contributed by atoms with van der Waals surface area (Å²) in [6.07, 6.45) is 0. The van der Waals surface area contributed by atoms with E-state index >= 15 is 0 Å². The topological polar surface area (TPSA) is 75.7 Å². The Bertz CT molecular complexity index is 1150. The molecule has 1 amide bonds. The van der Waals surface area contributed by atoms with Gasteiger partial charge in [-0.3, -0.25) is 9.10 Å². The number of benzene rings is 3. The maximum atomic E-state index is 13.3. The lowest BCUT2D eigenvalue weighted by atomic mass is 10.1. The summed E-state index contributed by atoms with van der Waals surface area (Å²) in [7, 11) is -3.93. The Morgan fingerprint density at radius 2 is 1.59 bits per heavy atom. The van der Waals surface area contributed by atoms with E-state index in [0.717, 1.165) is 15.4 Å². The minimum absolute atomic E-state index is 0.123. The van der Waals surface area contributed by atoms with Crippen LogP contribution in [-0.2, 0) is 14.8 Å². The number of rotatable bonds is 9. The van der Waals surface area contributed by atoms with Gasteiger partial charge in [0.05, 0.1) is 17.1 Å². The fraction of sp³-hybridized carbons (Fsp3) is 0.208. The van der Waals surface area contributed by atoms with Crippen molar-refractivity contribution in [1.82, 2.24) is 5.32 Å². The van der Waals surface area contributed by atoms with E-state index in [2.05, 4.69) is 5.32 Å². The molecule has 0 spiro atoms. The molecule has 0 unspecified atom stereocenters. The minimum Gasteiger partial charge on any atom is -0.492 e. The van der Waals surface area contributed by atoms with Crippen molar-refractivity contribution in [2.75, 3.05) is 24.0 Å². The van der Waals surface area contributed by atoms with Gasteiger partial charge in [0, 0.05) is 5.02 Å². The predicted molar refractivity (Wildman–Crippen MR) is 127 cm³/mol. The molecule has 168 valence electrons. The molecular weight excluding hydrogens is 448 g/mol. The minimum atomic E-state index is -3.93. The van der Waals surface area contributed by atoms with E-state index in [1.807, 2.05) is 19.9 Å².